The Labute approximate surface area is 100 Å². The lowest BCUT2D eigenvalue weighted by atomic mass is 10.2. The van der Waals surface area contributed by atoms with Crippen molar-refractivity contribution in [3.63, 3.8) is 0 Å². The lowest BCUT2D eigenvalue weighted by Crippen LogP contribution is -1.99. The van der Waals surface area contributed by atoms with Crippen LogP contribution in [0.5, 0.6) is 5.75 Å². The van der Waals surface area contributed by atoms with E-state index in [0.29, 0.717) is 18.1 Å². The fourth-order valence-electron chi connectivity index (χ4n) is 1.52. The molecule has 0 unspecified atom stereocenters. The molecule has 2 aromatic rings. The summed E-state index contributed by atoms with van der Waals surface area (Å²) >= 11 is 0. The first-order chi connectivity index (χ1) is 8.29. The van der Waals surface area contributed by atoms with Gasteiger partial charge in [0.2, 0.25) is 0 Å². The molecule has 0 amide bonds. The fraction of sp³-hybridized carbons (Fsp3) is 0.143. The third-order valence-electron chi connectivity index (χ3n) is 2.42. The predicted octanol–water partition coefficient (Wildman–Crippen LogP) is 2.78. The van der Waals surface area contributed by atoms with Gasteiger partial charge in [0.05, 0.1) is 5.69 Å². The van der Waals surface area contributed by atoms with Crippen molar-refractivity contribution in [1.82, 2.24) is 4.98 Å². The van der Waals surface area contributed by atoms with Gasteiger partial charge in [-0.1, -0.05) is 30.3 Å². The second kappa shape index (κ2) is 5.25. The van der Waals surface area contributed by atoms with Crippen molar-refractivity contribution in [2.45, 2.75) is 13.5 Å². The average molecular weight is 227 g/mol. The molecule has 0 saturated carbocycles. The van der Waals surface area contributed by atoms with E-state index in [1.807, 2.05) is 37.3 Å². The van der Waals surface area contributed by atoms with Gasteiger partial charge in [-0.25, -0.2) is 4.98 Å². The Bertz CT molecular complexity index is 509. The van der Waals surface area contributed by atoms with Crippen LogP contribution < -0.4 is 4.74 Å². The van der Waals surface area contributed by atoms with Crippen LogP contribution in [0.25, 0.3) is 0 Å². The van der Waals surface area contributed by atoms with E-state index in [1.54, 1.807) is 12.1 Å². The molecule has 2 rings (SSSR count). The Morgan fingerprint density at radius 1 is 1.18 bits per heavy atom. The van der Waals surface area contributed by atoms with Crippen molar-refractivity contribution < 1.29 is 9.53 Å². The smallest absolute Gasteiger partial charge is 0.168 e. The molecule has 0 aliphatic heterocycles. The summed E-state index contributed by atoms with van der Waals surface area (Å²) in [6.07, 6.45) is 0.730. The Hall–Kier alpha value is -2.16. The molecule has 1 aromatic carbocycles. The Balaban J connectivity index is 2.07. The van der Waals surface area contributed by atoms with Gasteiger partial charge in [-0.3, -0.25) is 4.79 Å². The number of pyridine rings is 1. The molecular formula is C14H13NO2. The molecule has 0 saturated heterocycles. The van der Waals surface area contributed by atoms with E-state index in [9.17, 15) is 4.79 Å². The normalized spacial score (nSPS) is 9.94. The number of aryl methyl sites for hydroxylation is 1. The summed E-state index contributed by atoms with van der Waals surface area (Å²) < 4.78 is 5.64. The maximum atomic E-state index is 10.5. The van der Waals surface area contributed by atoms with Crippen molar-refractivity contribution in [1.29, 1.82) is 0 Å². The minimum absolute atomic E-state index is 0.426. The van der Waals surface area contributed by atoms with E-state index in [4.69, 9.17) is 4.74 Å². The van der Waals surface area contributed by atoms with Crippen LogP contribution in [0, 0.1) is 6.92 Å². The summed E-state index contributed by atoms with van der Waals surface area (Å²) in [5, 5.41) is 0. The highest BCUT2D eigenvalue weighted by Crippen LogP contribution is 2.16. The maximum Gasteiger partial charge on any atom is 0.168 e. The summed E-state index contributed by atoms with van der Waals surface area (Å²) in [7, 11) is 0. The van der Waals surface area contributed by atoms with Crippen LogP contribution in [-0.4, -0.2) is 11.3 Å². The molecule has 17 heavy (non-hydrogen) atoms. The minimum atomic E-state index is 0.426. The number of benzene rings is 1. The average Bonchev–Trinajstić information content (AvgIpc) is 2.38. The second-order valence-corrected chi connectivity index (χ2v) is 3.71. The Morgan fingerprint density at radius 2 is 1.94 bits per heavy atom. The number of carbonyl (C=O) groups is 1. The van der Waals surface area contributed by atoms with Gasteiger partial charge in [0.25, 0.3) is 0 Å². The molecular weight excluding hydrogens is 214 g/mol. The van der Waals surface area contributed by atoms with Gasteiger partial charge in [-0.15, -0.1) is 0 Å². The molecule has 0 bridgehead atoms. The van der Waals surface area contributed by atoms with Crippen molar-refractivity contribution in [2.75, 3.05) is 0 Å². The molecule has 3 heteroatoms. The van der Waals surface area contributed by atoms with Crippen LogP contribution in [0.2, 0.25) is 0 Å². The van der Waals surface area contributed by atoms with E-state index in [1.165, 1.54) is 0 Å². The SMILES string of the molecule is Cc1nc(C=O)ccc1OCc1ccccc1. The van der Waals surface area contributed by atoms with Gasteiger partial charge in [0, 0.05) is 0 Å². The number of ether oxygens (including phenoxy) is 1. The standard InChI is InChI=1S/C14H13NO2/c1-11-14(8-7-13(9-16)15-11)17-10-12-5-3-2-4-6-12/h2-9H,10H2,1H3. The molecule has 1 heterocycles. The summed E-state index contributed by atoms with van der Waals surface area (Å²) in [6.45, 7) is 2.33. The molecule has 0 aliphatic rings. The second-order valence-electron chi connectivity index (χ2n) is 3.71. The first-order valence-corrected chi connectivity index (χ1v) is 5.39. The largest absolute Gasteiger partial charge is 0.487 e. The van der Waals surface area contributed by atoms with Crippen LogP contribution in [0.15, 0.2) is 42.5 Å². The van der Waals surface area contributed by atoms with Gasteiger partial charge >= 0.3 is 0 Å². The number of nitrogens with zero attached hydrogens (tertiary/aromatic N) is 1. The van der Waals surface area contributed by atoms with Gasteiger partial charge in [-0.05, 0) is 24.6 Å². The summed E-state index contributed by atoms with van der Waals surface area (Å²) in [5.41, 5.74) is 2.26. The van der Waals surface area contributed by atoms with Crippen LogP contribution in [0.3, 0.4) is 0 Å². The topological polar surface area (TPSA) is 39.2 Å². The predicted molar refractivity (Wildman–Crippen MR) is 65.1 cm³/mol. The molecule has 3 nitrogen and oxygen atoms in total. The quantitative estimate of drug-likeness (QED) is 0.754. The highest BCUT2D eigenvalue weighted by Gasteiger charge is 2.02. The number of hydrogen-bond donors (Lipinski definition) is 0. The third-order valence-corrected chi connectivity index (χ3v) is 2.42. The number of aromatic nitrogens is 1. The van der Waals surface area contributed by atoms with E-state index in [-0.39, 0.29) is 0 Å². The van der Waals surface area contributed by atoms with E-state index >= 15 is 0 Å². The monoisotopic (exact) mass is 227 g/mol. The van der Waals surface area contributed by atoms with E-state index < -0.39 is 0 Å². The molecule has 1 aromatic heterocycles. The highest BCUT2D eigenvalue weighted by atomic mass is 16.5. The summed E-state index contributed by atoms with van der Waals surface area (Å²) in [4.78, 5) is 14.7. The maximum absolute atomic E-state index is 10.5. The van der Waals surface area contributed by atoms with Gasteiger partial charge < -0.3 is 4.74 Å². The zero-order valence-electron chi connectivity index (χ0n) is 9.59. The highest BCUT2D eigenvalue weighted by molar-refractivity contribution is 5.71. The summed E-state index contributed by atoms with van der Waals surface area (Å²) in [6, 6.07) is 13.3. The zero-order valence-corrected chi connectivity index (χ0v) is 9.59. The lowest BCUT2D eigenvalue weighted by Gasteiger charge is -2.08. The summed E-state index contributed by atoms with van der Waals surface area (Å²) in [5.74, 6) is 0.708. The molecule has 86 valence electrons. The van der Waals surface area contributed by atoms with Crippen molar-refractivity contribution in [3.8, 4) is 5.75 Å². The molecule has 0 radical (unpaired) electrons. The number of hydrogen-bond acceptors (Lipinski definition) is 3. The van der Waals surface area contributed by atoms with Crippen LogP contribution in [0.1, 0.15) is 21.7 Å². The molecule has 0 N–H and O–H groups in total. The lowest BCUT2D eigenvalue weighted by molar-refractivity contribution is 0.111. The Kier molecular flexibility index (Phi) is 3.50. The third kappa shape index (κ3) is 2.91. The van der Waals surface area contributed by atoms with Crippen molar-refractivity contribution in [2.24, 2.45) is 0 Å². The van der Waals surface area contributed by atoms with E-state index in [2.05, 4.69) is 4.98 Å². The molecule has 0 spiro atoms. The first-order valence-electron chi connectivity index (χ1n) is 5.39. The van der Waals surface area contributed by atoms with Crippen LogP contribution in [-0.2, 0) is 6.61 Å². The fourth-order valence-corrected chi connectivity index (χ4v) is 1.52. The van der Waals surface area contributed by atoms with Crippen molar-refractivity contribution >= 4 is 6.29 Å². The molecule has 0 aliphatic carbocycles. The minimum Gasteiger partial charge on any atom is -0.487 e. The number of carbonyl (C=O) groups excluding carboxylic acids is 1. The first kappa shape index (κ1) is 11.3. The van der Waals surface area contributed by atoms with Crippen molar-refractivity contribution in [3.05, 3.63) is 59.4 Å². The number of rotatable bonds is 4. The number of aldehydes is 1. The van der Waals surface area contributed by atoms with Crippen LogP contribution >= 0.6 is 0 Å². The van der Waals surface area contributed by atoms with Gasteiger partial charge in [0.1, 0.15) is 18.1 Å². The molecule has 0 fully saturated rings. The zero-order chi connectivity index (χ0) is 12.1. The Morgan fingerprint density at radius 3 is 2.59 bits per heavy atom. The molecule has 0 atom stereocenters. The van der Waals surface area contributed by atoms with Crippen LogP contribution in [0.4, 0.5) is 0 Å². The van der Waals surface area contributed by atoms with E-state index in [0.717, 1.165) is 17.5 Å². The van der Waals surface area contributed by atoms with Gasteiger partial charge in [-0.2, -0.15) is 0 Å². The van der Waals surface area contributed by atoms with Gasteiger partial charge in [0.15, 0.2) is 6.29 Å².